The molecule has 150 valence electrons. The number of aromatic nitrogens is 1. The number of ether oxygens (including phenoxy) is 1. The molecule has 0 radical (unpaired) electrons. The minimum atomic E-state index is 0.209. The third-order valence-electron chi connectivity index (χ3n) is 5.91. The number of piperidine rings is 1. The molecule has 2 aliphatic rings. The second-order valence-electron chi connectivity index (χ2n) is 8.53. The monoisotopic (exact) mass is 381 g/mol. The van der Waals surface area contributed by atoms with Gasteiger partial charge in [0, 0.05) is 49.9 Å². The zero-order valence-electron chi connectivity index (χ0n) is 17.0. The molecule has 1 fully saturated rings. The summed E-state index contributed by atoms with van der Waals surface area (Å²) < 4.78 is 7.94. The molecule has 28 heavy (non-hydrogen) atoms. The molecule has 1 aromatic carbocycles. The fraction of sp³-hybridized carbons (Fsp3) is 0.522. The Kier molecular flexibility index (Phi) is 5.95. The lowest BCUT2D eigenvalue weighted by molar-refractivity contribution is 0.0605. The highest BCUT2D eigenvalue weighted by molar-refractivity contribution is 5.22. The summed E-state index contributed by atoms with van der Waals surface area (Å²) in [6.45, 7) is 6.04. The molecule has 1 saturated heterocycles. The summed E-state index contributed by atoms with van der Waals surface area (Å²) in [6.07, 6.45) is 1.20. The molecule has 2 aromatic rings. The van der Waals surface area contributed by atoms with Gasteiger partial charge in [0.1, 0.15) is 0 Å². The van der Waals surface area contributed by atoms with Crippen LogP contribution in [0.5, 0.6) is 0 Å². The van der Waals surface area contributed by atoms with Crippen LogP contribution < -0.4 is 5.56 Å². The first-order chi connectivity index (χ1) is 13.6. The molecule has 0 N–H and O–H groups in total. The molecular weight excluding hydrogens is 350 g/mol. The smallest absolute Gasteiger partial charge is 0.255 e. The van der Waals surface area contributed by atoms with E-state index in [-0.39, 0.29) is 5.56 Å². The van der Waals surface area contributed by atoms with E-state index >= 15 is 0 Å². The summed E-state index contributed by atoms with van der Waals surface area (Å²) >= 11 is 0. The summed E-state index contributed by atoms with van der Waals surface area (Å²) in [5.41, 5.74) is 3.55. The van der Waals surface area contributed by atoms with Gasteiger partial charge in [-0.3, -0.25) is 4.79 Å². The van der Waals surface area contributed by atoms with Crippen molar-refractivity contribution >= 4 is 0 Å². The Morgan fingerprint density at radius 2 is 1.89 bits per heavy atom. The van der Waals surface area contributed by atoms with Gasteiger partial charge in [-0.05, 0) is 38.1 Å². The van der Waals surface area contributed by atoms with Crippen molar-refractivity contribution in [2.45, 2.75) is 32.0 Å². The van der Waals surface area contributed by atoms with Crippen LogP contribution in [0.25, 0.3) is 0 Å². The second-order valence-corrected chi connectivity index (χ2v) is 8.53. The van der Waals surface area contributed by atoms with E-state index in [9.17, 15) is 4.79 Å². The molecule has 5 nitrogen and oxygen atoms in total. The number of benzene rings is 1. The first kappa shape index (κ1) is 19.4. The van der Waals surface area contributed by atoms with Crippen molar-refractivity contribution < 1.29 is 4.74 Å². The summed E-state index contributed by atoms with van der Waals surface area (Å²) in [5, 5.41) is 0. The minimum absolute atomic E-state index is 0.209. The zero-order chi connectivity index (χ0) is 19.5. The number of nitrogens with zero attached hydrogens (tertiary/aromatic N) is 3. The summed E-state index contributed by atoms with van der Waals surface area (Å²) in [7, 11) is 4.02. The highest BCUT2D eigenvalue weighted by Crippen LogP contribution is 2.35. The van der Waals surface area contributed by atoms with Crippen LogP contribution in [0.1, 0.15) is 29.2 Å². The van der Waals surface area contributed by atoms with Crippen LogP contribution >= 0.6 is 0 Å². The predicted molar refractivity (Wildman–Crippen MR) is 111 cm³/mol. The van der Waals surface area contributed by atoms with Crippen LogP contribution in [-0.2, 0) is 24.4 Å². The fourth-order valence-corrected chi connectivity index (χ4v) is 4.69. The van der Waals surface area contributed by atoms with Crippen LogP contribution in [0.15, 0.2) is 47.3 Å². The van der Waals surface area contributed by atoms with Gasteiger partial charge in [-0.2, -0.15) is 0 Å². The Morgan fingerprint density at radius 1 is 1.07 bits per heavy atom. The number of fused-ring (bicyclic) bond motifs is 4. The van der Waals surface area contributed by atoms with Gasteiger partial charge in [0.2, 0.25) is 0 Å². The van der Waals surface area contributed by atoms with E-state index in [1.807, 2.05) is 38.4 Å². The van der Waals surface area contributed by atoms with Gasteiger partial charge in [-0.15, -0.1) is 0 Å². The van der Waals surface area contributed by atoms with Gasteiger partial charge in [0.05, 0.1) is 13.2 Å². The normalized spacial score (nSPS) is 21.7. The van der Waals surface area contributed by atoms with Crippen LogP contribution in [0.3, 0.4) is 0 Å². The maximum absolute atomic E-state index is 12.9. The first-order valence-corrected chi connectivity index (χ1v) is 10.3. The number of pyridine rings is 1. The van der Waals surface area contributed by atoms with E-state index < -0.39 is 0 Å². The molecule has 2 atom stereocenters. The van der Waals surface area contributed by atoms with Gasteiger partial charge in [0.15, 0.2) is 0 Å². The van der Waals surface area contributed by atoms with Crippen molar-refractivity contribution in [1.29, 1.82) is 0 Å². The number of likely N-dealkylation sites (tertiary alicyclic amines) is 1. The molecule has 0 aliphatic carbocycles. The lowest BCUT2D eigenvalue weighted by Crippen LogP contribution is -2.48. The number of hydrogen-bond donors (Lipinski definition) is 0. The Hall–Kier alpha value is -1.95. The number of rotatable bonds is 7. The van der Waals surface area contributed by atoms with Crippen molar-refractivity contribution in [2.75, 3.05) is 40.3 Å². The van der Waals surface area contributed by atoms with Crippen LogP contribution in [-0.4, -0.2) is 54.7 Å². The van der Waals surface area contributed by atoms with Crippen molar-refractivity contribution in [3.05, 3.63) is 69.6 Å². The van der Waals surface area contributed by atoms with Gasteiger partial charge in [-0.1, -0.05) is 36.4 Å². The van der Waals surface area contributed by atoms with Crippen molar-refractivity contribution in [1.82, 2.24) is 14.4 Å². The Bertz CT molecular complexity index is 847. The van der Waals surface area contributed by atoms with Crippen molar-refractivity contribution in [3.8, 4) is 0 Å². The molecule has 0 amide bonds. The number of hydrogen-bond acceptors (Lipinski definition) is 4. The third-order valence-corrected chi connectivity index (χ3v) is 5.91. The van der Waals surface area contributed by atoms with Gasteiger partial charge >= 0.3 is 0 Å². The van der Waals surface area contributed by atoms with Gasteiger partial charge in [0.25, 0.3) is 5.56 Å². The summed E-state index contributed by atoms with van der Waals surface area (Å²) in [5.74, 6) is 1.02. The van der Waals surface area contributed by atoms with E-state index in [1.54, 1.807) is 0 Å². The first-order valence-electron chi connectivity index (χ1n) is 10.3. The molecule has 3 heterocycles. The average molecular weight is 382 g/mol. The van der Waals surface area contributed by atoms with Crippen LogP contribution in [0, 0.1) is 5.92 Å². The quantitative estimate of drug-likeness (QED) is 0.691. The van der Waals surface area contributed by atoms with E-state index in [0.29, 0.717) is 25.0 Å². The summed E-state index contributed by atoms with van der Waals surface area (Å²) in [6, 6.07) is 14.6. The maximum Gasteiger partial charge on any atom is 0.255 e. The van der Waals surface area contributed by atoms with E-state index in [1.165, 1.54) is 17.7 Å². The lowest BCUT2D eigenvalue weighted by atomic mass is 9.83. The molecule has 1 aromatic heterocycles. The Labute approximate surface area is 167 Å². The molecule has 2 bridgehead atoms. The highest BCUT2D eigenvalue weighted by atomic mass is 16.5. The molecular formula is C23H31N3O2. The van der Waals surface area contributed by atoms with Gasteiger partial charge < -0.3 is 19.1 Å². The largest absolute Gasteiger partial charge is 0.375 e. The molecule has 0 unspecified atom stereocenters. The summed E-state index contributed by atoms with van der Waals surface area (Å²) in [4.78, 5) is 17.5. The molecule has 0 spiro atoms. The van der Waals surface area contributed by atoms with Gasteiger partial charge in [-0.25, -0.2) is 0 Å². The van der Waals surface area contributed by atoms with Crippen molar-refractivity contribution in [2.24, 2.45) is 5.92 Å². The van der Waals surface area contributed by atoms with E-state index in [4.69, 9.17) is 4.74 Å². The van der Waals surface area contributed by atoms with E-state index in [0.717, 1.165) is 38.3 Å². The highest BCUT2D eigenvalue weighted by Gasteiger charge is 2.34. The zero-order valence-corrected chi connectivity index (χ0v) is 17.0. The van der Waals surface area contributed by atoms with Crippen LogP contribution in [0.4, 0.5) is 0 Å². The van der Waals surface area contributed by atoms with E-state index in [2.05, 4.69) is 32.6 Å². The topological polar surface area (TPSA) is 37.7 Å². The molecule has 0 saturated carbocycles. The lowest BCUT2D eigenvalue weighted by Gasteiger charge is -2.43. The maximum atomic E-state index is 12.9. The molecule has 2 aliphatic heterocycles. The predicted octanol–water partition coefficient (Wildman–Crippen LogP) is 2.55. The van der Waals surface area contributed by atoms with Crippen molar-refractivity contribution in [3.63, 3.8) is 0 Å². The standard InChI is InChI=1S/C23H31N3O2/c1-24(2)15-20-8-9-22-21-12-19(14-26(22)23(20)27)13-25(16-21)10-11-28-17-18-6-4-3-5-7-18/h3-9,19,21H,10-17H2,1-2H3/t19-,21+/m0/s1. The Balaban J connectivity index is 1.36. The van der Waals surface area contributed by atoms with Crippen LogP contribution in [0.2, 0.25) is 0 Å². The Morgan fingerprint density at radius 3 is 2.68 bits per heavy atom. The minimum Gasteiger partial charge on any atom is -0.375 e. The average Bonchev–Trinajstić information content (AvgIpc) is 2.68. The SMILES string of the molecule is CN(C)Cc1ccc2n(c1=O)C[C@H]1C[C@@H]2CN(CCOCc2ccccc2)C1. The second kappa shape index (κ2) is 8.60. The fourth-order valence-electron chi connectivity index (χ4n) is 4.69. The molecule has 4 rings (SSSR count). The third kappa shape index (κ3) is 4.37. The molecule has 5 heteroatoms.